The summed E-state index contributed by atoms with van der Waals surface area (Å²) < 4.78 is 1.05. The van der Waals surface area contributed by atoms with E-state index in [-0.39, 0.29) is 6.61 Å². The summed E-state index contributed by atoms with van der Waals surface area (Å²) in [5.41, 5.74) is 6.61. The van der Waals surface area contributed by atoms with E-state index in [1.54, 1.807) is 11.8 Å². The van der Waals surface area contributed by atoms with Crippen LogP contribution in [0.25, 0.3) is 0 Å². The first-order chi connectivity index (χ1) is 6.27. The molecular formula is C9H12BrNOS. The molecule has 0 aromatic heterocycles. The molecule has 72 valence electrons. The molecular weight excluding hydrogens is 250 g/mol. The van der Waals surface area contributed by atoms with Gasteiger partial charge in [-0.3, -0.25) is 0 Å². The van der Waals surface area contributed by atoms with Crippen LogP contribution in [0, 0.1) is 0 Å². The second-order valence-electron chi connectivity index (χ2n) is 2.54. The summed E-state index contributed by atoms with van der Waals surface area (Å²) in [5, 5.41) is 8.66. The minimum absolute atomic E-state index is 0.204. The average molecular weight is 262 g/mol. The van der Waals surface area contributed by atoms with Crippen LogP contribution in [0.2, 0.25) is 0 Å². The Hall–Kier alpha value is -0.0300. The van der Waals surface area contributed by atoms with E-state index >= 15 is 0 Å². The van der Waals surface area contributed by atoms with E-state index < -0.39 is 0 Å². The average Bonchev–Trinajstić information content (AvgIpc) is 2.16. The Labute approximate surface area is 90.7 Å². The zero-order valence-corrected chi connectivity index (χ0v) is 9.57. The molecule has 0 bridgehead atoms. The first-order valence-corrected chi connectivity index (χ1v) is 5.78. The van der Waals surface area contributed by atoms with E-state index in [2.05, 4.69) is 15.9 Å². The van der Waals surface area contributed by atoms with Crippen molar-refractivity contribution in [3.05, 3.63) is 28.2 Å². The number of hydrogen-bond acceptors (Lipinski definition) is 3. The molecule has 0 unspecified atom stereocenters. The van der Waals surface area contributed by atoms with Crippen LogP contribution in [0.4, 0.5) is 0 Å². The Morgan fingerprint density at radius 3 is 2.77 bits per heavy atom. The van der Waals surface area contributed by atoms with Crippen LogP contribution in [0.3, 0.4) is 0 Å². The predicted molar refractivity (Wildman–Crippen MR) is 59.8 cm³/mol. The molecule has 4 heteroatoms. The Kier molecular flexibility index (Phi) is 4.80. The van der Waals surface area contributed by atoms with E-state index in [1.165, 1.54) is 0 Å². The van der Waals surface area contributed by atoms with E-state index in [0.717, 1.165) is 20.7 Å². The lowest BCUT2D eigenvalue weighted by Gasteiger charge is -2.04. The Morgan fingerprint density at radius 1 is 1.46 bits per heavy atom. The SMILES string of the molecule is NCc1ccc(SCCO)c(Br)c1. The van der Waals surface area contributed by atoms with Crippen molar-refractivity contribution in [2.24, 2.45) is 5.73 Å². The van der Waals surface area contributed by atoms with Crippen LogP contribution in [-0.4, -0.2) is 17.5 Å². The van der Waals surface area contributed by atoms with Crippen LogP contribution in [-0.2, 0) is 6.54 Å². The normalized spacial score (nSPS) is 10.4. The third kappa shape index (κ3) is 3.31. The quantitative estimate of drug-likeness (QED) is 0.816. The Morgan fingerprint density at radius 2 is 2.23 bits per heavy atom. The van der Waals surface area contributed by atoms with E-state index in [9.17, 15) is 0 Å². The number of aliphatic hydroxyl groups is 1. The molecule has 1 aromatic carbocycles. The van der Waals surface area contributed by atoms with Gasteiger partial charge in [0.2, 0.25) is 0 Å². The molecule has 0 aliphatic rings. The van der Waals surface area contributed by atoms with Gasteiger partial charge in [-0.1, -0.05) is 6.07 Å². The number of hydrogen-bond donors (Lipinski definition) is 2. The van der Waals surface area contributed by atoms with Crippen LogP contribution in [0.1, 0.15) is 5.56 Å². The summed E-state index contributed by atoms with van der Waals surface area (Å²) in [6, 6.07) is 6.04. The summed E-state index contributed by atoms with van der Waals surface area (Å²) in [4.78, 5) is 1.14. The topological polar surface area (TPSA) is 46.2 Å². The largest absolute Gasteiger partial charge is 0.396 e. The highest BCUT2D eigenvalue weighted by Gasteiger charge is 2.00. The highest BCUT2D eigenvalue weighted by Crippen LogP contribution is 2.27. The summed E-state index contributed by atoms with van der Waals surface area (Å²) in [5.74, 6) is 0.723. The molecule has 1 rings (SSSR count). The van der Waals surface area contributed by atoms with Gasteiger partial charge in [0.15, 0.2) is 0 Å². The molecule has 0 aliphatic heterocycles. The van der Waals surface area contributed by atoms with Gasteiger partial charge in [-0.05, 0) is 33.6 Å². The van der Waals surface area contributed by atoms with Gasteiger partial charge in [-0.15, -0.1) is 11.8 Å². The molecule has 3 N–H and O–H groups in total. The molecule has 0 radical (unpaired) electrons. The lowest BCUT2D eigenvalue weighted by atomic mass is 10.2. The minimum atomic E-state index is 0.204. The molecule has 1 aromatic rings. The van der Waals surface area contributed by atoms with E-state index in [0.29, 0.717) is 6.54 Å². The van der Waals surface area contributed by atoms with Crippen molar-refractivity contribution in [3.8, 4) is 0 Å². The van der Waals surface area contributed by atoms with E-state index in [1.807, 2.05) is 18.2 Å². The van der Waals surface area contributed by atoms with Gasteiger partial charge in [0.25, 0.3) is 0 Å². The number of halogens is 1. The minimum Gasteiger partial charge on any atom is -0.396 e. The van der Waals surface area contributed by atoms with Gasteiger partial charge in [0, 0.05) is 21.7 Å². The molecule has 0 fully saturated rings. The number of thioether (sulfide) groups is 1. The zero-order valence-electron chi connectivity index (χ0n) is 7.16. The van der Waals surface area contributed by atoms with Gasteiger partial charge in [0.05, 0.1) is 6.61 Å². The third-order valence-corrected chi connectivity index (χ3v) is 3.55. The fourth-order valence-electron chi connectivity index (χ4n) is 0.944. The maximum Gasteiger partial charge on any atom is 0.0525 e. The lowest BCUT2D eigenvalue weighted by Crippen LogP contribution is -1.96. The van der Waals surface area contributed by atoms with Crippen LogP contribution in [0.5, 0.6) is 0 Å². The molecule has 2 nitrogen and oxygen atoms in total. The van der Waals surface area contributed by atoms with Crippen molar-refractivity contribution >= 4 is 27.7 Å². The van der Waals surface area contributed by atoms with Gasteiger partial charge in [-0.25, -0.2) is 0 Å². The molecule has 0 saturated heterocycles. The van der Waals surface area contributed by atoms with Crippen LogP contribution >= 0.6 is 27.7 Å². The second-order valence-corrected chi connectivity index (χ2v) is 4.53. The second kappa shape index (κ2) is 5.65. The molecule has 0 atom stereocenters. The van der Waals surface area contributed by atoms with Crippen molar-refractivity contribution in [1.82, 2.24) is 0 Å². The monoisotopic (exact) mass is 261 g/mol. The third-order valence-electron chi connectivity index (χ3n) is 1.58. The van der Waals surface area contributed by atoms with Crippen LogP contribution < -0.4 is 5.73 Å². The highest BCUT2D eigenvalue weighted by atomic mass is 79.9. The van der Waals surface area contributed by atoms with Gasteiger partial charge >= 0.3 is 0 Å². The number of nitrogens with two attached hydrogens (primary N) is 1. The molecule has 0 saturated carbocycles. The standard InChI is InChI=1S/C9H12BrNOS/c10-8-5-7(6-11)1-2-9(8)13-4-3-12/h1-2,5,12H,3-4,6,11H2. The molecule has 13 heavy (non-hydrogen) atoms. The first kappa shape index (κ1) is 11.0. The van der Waals surface area contributed by atoms with Crippen molar-refractivity contribution in [1.29, 1.82) is 0 Å². The smallest absolute Gasteiger partial charge is 0.0525 e. The maximum atomic E-state index is 8.66. The summed E-state index contributed by atoms with van der Waals surface area (Å²) in [7, 11) is 0. The van der Waals surface area contributed by atoms with Crippen molar-refractivity contribution in [2.45, 2.75) is 11.4 Å². The Balaban J connectivity index is 2.73. The van der Waals surface area contributed by atoms with Crippen molar-refractivity contribution < 1.29 is 5.11 Å². The Bertz CT molecular complexity index is 280. The van der Waals surface area contributed by atoms with Crippen molar-refractivity contribution in [3.63, 3.8) is 0 Å². The molecule has 0 amide bonds. The van der Waals surface area contributed by atoms with Gasteiger partial charge < -0.3 is 10.8 Å². The number of aliphatic hydroxyl groups excluding tert-OH is 1. The predicted octanol–water partition coefficient (Wildman–Crippen LogP) is 1.99. The maximum absolute atomic E-state index is 8.66. The number of benzene rings is 1. The highest BCUT2D eigenvalue weighted by molar-refractivity contribution is 9.10. The molecule has 0 aliphatic carbocycles. The first-order valence-electron chi connectivity index (χ1n) is 4.00. The molecule has 0 spiro atoms. The summed E-state index contributed by atoms with van der Waals surface area (Å²) in [6.07, 6.45) is 0. The van der Waals surface area contributed by atoms with Gasteiger partial charge in [-0.2, -0.15) is 0 Å². The molecule has 0 heterocycles. The fourth-order valence-corrected chi connectivity index (χ4v) is 2.39. The van der Waals surface area contributed by atoms with Crippen LogP contribution in [0.15, 0.2) is 27.6 Å². The summed E-state index contributed by atoms with van der Waals surface area (Å²) >= 11 is 5.09. The van der Waals surface area contributed by atoms with Crippen molar-refractivity contribution in [2.75, 3.05) is 12.4 Å². The van der Waals surface area contributed by atoms with Gasteiger partial charge in [0.1, 0.15) is 0 Å². The van der Waals surface area contributed by atoms with E-state index in [4.69, 9.17) is 10.8 Å². The fraction of sp³-hybridized carbons (Fsp3) is 0.333. The number of rotatable bonds is 4. The summed E-state index contributed by atoms with van der Waals surface area (Å²) in [6.45, 7) is 0.763. The lowest BCUT2D eigenvalue weighted by molar-refractivity contribution is 0.322. The zero-order chi connectivity index (χ0) is 9.68.